The molecular formula is C106H71B2N5O2. The molecule has 4 aliphatic heterocycles. The molecule has 0 bridgehead atoms. The van der Waals surface area contributed by atoms with E-state index in [4.69, 9.17) is 9.47 Å². The van der Waals surface area contributed by atoms with Crippen LogP contribution < -0.4 is 52.1 Å². The van der Waals surface area contributed by atoms with E-state index >= 15 is 0 Å². The Morgan fingerprint density at radius 3 is 1.12 bits per heavy atom. The second kappa shape index (κ2) is 25.0. The number of rotatable bonds is 9. The minimum Gasteiger partial charge on any atom is -0.459 e. The van der Waals surface area contributed by atoms with Crippen LogP contribution in [0.5, 0.6) is 23.0 Å². The molecule has 0 saturated heterocycles. The third-order valence-electron chi connectivity index (χ3n) is 24.0. The van der Waals surface area contributed by atoms with Crippen LogP contribution in [0.3, 0.4) is 0 Å². The van der Waals surface area contributed by atoms with E-state index in [1.54, 1.807) is 0 Å². The molecular weight excluding hydrogens is 1400 g/mol. The van der Waals surface area contributed by atoms with Gasteiger partial charge in [-0.2, -0.15) is 0 Å². The lowest BCUT2D eigenvalue weighted by Crippen LogP contribution is -2.65. The third kappa shape index (κ3) is 9.68. The molecule has 7 heterocycles. The highest BCUT2D eigenvalue weighted by Crippen LogP contribution is 2.56. The summed E-state index contributed by atoms with van der Waals surface area (Å²) >= 11 is 0. The third-order valence-corrected chi connectivity index (χ3v) is 24.0. The topological polar surface area (TPSA) is 39.7 Å². The fraction of sp³-hybridized carbons (Fsp3) is 0.0377. The van der Waals surface area contributed by atoms with Crippen molar-refractivity contribution in [1.82, 2.24) is 13.7 Å². The Kier molecular flexibility index (Phi) is 11.9. The lowest BCUT2D eigenvalue weighted by Gasteiger charge is -2.47. The summed E-state index contributed by atoms with van der Waals surface area (Å²) in [6.07, 6.45) is 0. The fourth-order valence-electron chi connectivity index (χ4n) is 19.1. The highest BCUT2D eigenvalue weighted by molar-refractivity contribution is 7.03. The van der Waals surface area contributed by atoms with Gasteiger partial charge in [0.1, 0.15) is 23.0 Å². The summed E-state index contributed by atoms with van der Waals surface area (Å²) in [5.74, 6) is 2.09. The van der Waals surface area contributed by atoms with Crippen molar-refractivity contribution < 1.29 is 24.6 Å². The molecule has 20 aromatic rings. The Bertz CT molecular complexity index is 7890. The lowest BCUT2D eigenvalue weighted by molar-refractivity contribution is 0.467. The maximum Gasteiger partial charge on any atom is 0.260 e. The minimum atomic E-state index is -1.17. The van der Waals surface area contributed by atoms with E-state index in [9.17, 15) is 15.1 Å². The van der Waals surface area contributed by atoms with Gasteiger partial charge < -0.3 is 33.0 Å². The molecule has 24 rings (SSSR count). The molecule has 0 spiro atoms. The molecule has 0 amide bonds. The molecule has 9 heteroatoms. The quantitative estimate of drug-likeness (QED) is 0.135. The number of hydrogen-bond donors (Lipinski definition) is 0. The van der Waals surface area contributed by atoms with Crippen molar-refractivity contribution >= 4 is 146 Å². The number of para-hydroxylation sites is 8. The van der Waals surface area contributed by atoms with Crippen molar-refractivity contribution in [2.24, 2.45) is 0 Å². The molecule has 3 aromatic heterocycles. The second-order valence-electron chi connectivity index (χ2n) is 31.3. The van der Waals surface area contributed by atoms with Crippen LogP contribution >= 0.6 is 0 Å². The number of benzene rings is 17. The van der Waals surface area contributed by atoms with Crippen LogP contribution in [-0.2, 0) is 5.41 Å². The van der Waals surface area contributed by atoms with Crippen LogP contribution in [0.1, 0.15) is 41.4 Å². The van der Waals surface area contributed by atoms with Gasteiger partial charge in [-0.3, -0.25) is 0 Å². The first-order valence-corrected chi connectivity index (χ1v) is 39.1. The number of hydrogen-bond acceptors (Lipinski definition) is 4. The zero-order valence-electron chi connectivity index (χ0n) is 73.7. The van der Waals surface area contributed by atoms with Gasteiger partial charge in [-0.15, -0.1) is 0 Å². The molecule has 0 unspecified atom stereocenters. The zero-order chi connectivity index (χ0) is 85.5. The van der Waals surface area contributed by atoms with Gasteiger partial charge in [-0.1, -0.05) is 306 Å². The Morgan fingerprint density at radius 1 is 0.287 bits per heavy atom. The van der Waals surface area contributed by atoms with Crippen LogP contribution in [0, 0.1) is 0 Å². The van der Waals surface area contributed by atoms with E-state index in [2.05, 4.69) is 294 Å². The summed E-state index contributed by atoms with van der Waals surface area (Å²) < 4.78 is 134. The van der Waals surface area contributed by atoms with E-state index in [1.165, 1.54) is 4.57 Å². The zero-order valence-corrected chi connectivity index (χ0v) is 62.7. The summed E-state index contributed by atoms with van der Waals surface area (Å²) in [6.45, 7) is 4.79. The molecule has 0 radical (unpaired) electrons. The fourth-order valence-corrected chi connectivity index (χ4v) is 19.1. The SMILES string of the molecule is [2H]c1c([2H])c(-n2c3c([2H])c([2H])c([2H])c([2H])c3c3c([2H])c([2H])c([2H])c([2H])c32)c([2H])c2c1B1c3c(cc(C(C)(C)C)cc3N2c2c(-c3ccccc3)cccc2-c2ccccc2)N(c2c(-c3ccccc3)cccc2-c2ccccc2)c2cc3c4c(c21)Oc1cc(-n2c5ccccc5c5ccccc52)ccc1B4c1ccc(-n2c4ccccc4c4ccccc42)cc1O3. The van der Waals surface area contributed by atoms with E-state index in [-0.39, 0.29) is 50.7 Å². The number of anilines is 6. The van der Waals surface area contributed by atoms with Crippen molar-refractivity contribution in [3.63, 3.8) is 0 Å². The van der Waals surface area contributed by atoms with Gasteiger partial charge in [0.2, 0.25) is 0 Å². The lowest BCUT2D eigenvalue weighted by atomic mass is 9.30. The summed E-state index contributed by atoms with van der Waals surface area (Å²) in [6, 6.07) is 101. The van der Waals surface area contributed by atoms with Crippen LogP contribution in [0.15, 0.2) is 376 Å². The Balaban J connectivity index is 0.896. The number of aromatic nitrogens is 3. The molecule has 538 valence electrons. The largest absolute Gasteiger partial charge is 0.459 e. The van der Waals surface area contributed by atoms with Gasteiger partial charge in [0.05, 0.1) is 59.6 Å². The van der Waals surface area contributed by atoms with Crippen LogP contribution in [0.25, 0.3) is 127 Å². The molecule has 115 heavy (non-hydrogen) atoms. The Labute approximate surface area is 682 Å². The van der Waals surface area contributed by atoms with Crippen molar-refractivity contribution in [1.29, 1.82) is 0 Å². The predicted octanol–water partition coefficient (Wildman–Crippen LogP) is 23.8. The average Bonchev–Trinajstić information content (AvgIpc) is 0.816. The number of nitrogens with zero attached hydrogens (tertiary/aromatic N) is 5. The minimum absolute atomic E-state index is 0.123. The normalized spacial score (nSPS) is 14.4. The van der Waals surface area contributed by atoms with E-state index in [0.717, 1.165) is 122 Å². The van der Waals surface area contributed by atoms with Gasteiger partial charge in [0.25, 0.3) is 13.4 Å². The predicted molar refractivity (Wildman–Crippen MR) is 482 cm³/mol. The summed E-state index contributed by atoms with van der Waals surface area (Å²) in [4.78, 5) is 4.49. The molecule has 4 aliphatic rings. The monoisotopic (exact) mass is 1480 g/mol. The maximum atomic E-state index is 11.9. The summed E-state index contributed by atoms with van der Waals surface area (Å²) in [5.41, 5.74) is 19.1. The van der Waals surface area contributed by atoms with Crippen molar-refractivity contribution in [2.45, 2.75) is 26.2 Å². The smallest absolute Gasteiger partial charge is 0.260 e. The average molecular weight is 1480 g/mol. The second-order valence-corrected chi connectivity index (χ2v) is 31.3. The van der Waals surface area contributed by atoms with Gasteiger partial charge >= 0.3 is 0 Å². The van der Waals surface area contributed by atoms with E-state index in [0.29, 0.717) is 62.1 Å². The van der Waals surface area contributed by atoms with Gasteiger partial charge in [-0.25, -0.2) is 0 Å². The van der Waals surface area contributed by atoms with Crippen molar-refractivity contribution in [3.8, 4) is 84.6 Å². The van der Waals surface area contributed by atoms with Crippen LogP contribution in [0.2, 0.25) is 0 Å². The standard InChI is InChI=1S/C106H71B2N5O2/c1-106(2,3)70-60-94-100-95(61-70)113(104-76(68-34-12-6-13-35-68)46-29-47-77(104)69-36-14-7-15-37-69)96-65-99-102-105(101(96)108(100)84-57-54-71(109-87-48-22-16-38-78(87)79-39-17-23-49-88(79)109)62-93(84)112(94)103-74(66-30-8-4-9-31-66)44-28-45-75(103)67-32-10-5-11-33-67)115-98-64-73(111-91-52-26-20-42-82(91)83-43-21-27-53-92(83)111)56-59-86(98)107(102)85-58-55-72(63-97(85)114-99)110-89-50-24-18-40-80(89)81-41-19-25-51-90(81)110/h4-65H,1-3H3/i16D,17D,22D,23D,38D,39D,48D,49D,54D,57D,62D. The first-order valence-electron chi connectivity index (χ1n) is 44.6. The molecule has 7 nitrogen and oxygen atoms in total. The van der Waals surface area contributed by atoms with Gasteiger partial charge in [-0.05, 0) is 133 Å². The highest BCUT2D eigenvalue weighted by Gasteiger charge is 2.52. The number of fused-ring (bicyclic) bond motifs is 18. The van der Waals surface area contributed by atoms with Gasteiger partial charge in [0.15, 0.2) is 0 Å². The van der Waals surface area contributed by atoms with Gasteiger partial charge in [0, 0.05) is 118 Å². The molecule has 0 fully saturated rings. The first-order chi connectivity index (χ1) is 61.3. The Morgan fingerprint density at radius 2 is 0.678 bits per heavy atom. The van der Waals surface area contributed by atoms with Crippen LogP contribution in [0.4, 0.5) is 34.1 Å². The first kappa shape index (κ1) is 55.0. The molecule has 0 atom stereocenters. The molecule has 0 saturated carbocycles. The summed E-state index contributed by atoms with van der Waals surface area (Å²) in [7, 11) is 0. The molecule has 17 aromatic carbocycles. The van der Waals surface area contributed by atoms with Crippen LogP contribution in [-0.4, -0.2) is 27.1 Å². The Hall–Kier alpha value is -14.5. The van der Waals surface area contributed by atoms with Crippen molar-refractivity contribution in [2.75, 3.05) is 9.80 Å². The molecule has 0 N–H and O–H groups in total. The van der Waals surface area contributed by atoms with E-state index < -0.39 is 73.2 Å². The maximum absolute atomic E-state index is 11.9. The summed E-state index contributed by atoms with van der Waals surface area (Å²) in [5, 5.41) is 3.92. The van der Waals surface area contributed by atoms with E-state index in [1.807, 2.05) is 54.6 Å². The number of ether oxygens (including phenoxy) is 2. The highest BCUT2D eigenvalue weighted by atomic mass is 16.5. The van der Waals surface area contributed by atoms with Crippen molar-refractivity contribution in [3.05, 3.63) is 381 Å². The molecule has 0 aliphatic carbocycles.